The van der Waals surface area contributed by atoms with E-state index >= 15 is 0 Å². The average molecular weight is 325 g/mol. The maximum Gasteiger partial charge on any atom is 0.419 e. The first-order valence-corrected chi connectivity index (χ1v) is 7.68. The molecule has 1 saturated heterocycles. The molecular formula is C15H17ClN2O4. The Morgan fingerprint density at radius 3 is 3.09 bits per heavy atom. The topological polar surface area (TPSA) is 73.5 Å². The Labute approximate surface area is 132 Å². The van der Waals surface area contributed by atoms with Crippen LogP contribution in [0.4, 0.5) is 0 Å². The summed E-state index contributed by atoms with van der Waals surface area (Å²) in [5, 5.41) is 3.34. The van der Waals surface area contributed by atoms with Crippen LogP contribution in [0.25, 0.3) is 11.1 Å². The van der Waals surface area contributed by atoms with Gasteiger partial charge in [-0.1, -0.05) is 11.6 Å². The monoisotopic (exact) mass is 324 g/mol. The fourth-order valence-electron chi connectivity index (χ4n) is 2.59. The summed E-state index contributed by atoms with van der Waals surface area (Å²) in [6.45, 7) is 1.56. The fraction of sp³-hybridized carbons (Fsp3) is 0.467. The average Bonchev–Trinajstić information content (AvgIpc) is 3.10. The van der Waals surface area contributed by atoms with Crippen LogP contribution in [0.2, 0.25) is 5.02 Å². The van der Waals surface area contributed by atoms with Crippen molar-refractivity contribution in [3.05, 3.63) is 33.8 Å². The number of nitrogens with zero attached hydrogens (tertiary/aromatic N) is 1. The van der Waals surface area contributed by atoms with Gasteiger partial charge in [0.25, 0.3) is 0 Å². The summed E-state index contributed by atoms with van der Waals surface area (Å²) >= 11 is 5.86. The maximum atomic E-state index is 11.9. The molecule has 0 spiro atoms. The van der Waals surface area contributed by atoms with Crippen LogP contribution < -0.4 is 11.1 Å². The Bertz CT molecular complexity index is 731. The van der Waals surface area contributed by atoms with Crippen LogP contribution in [0.5, 0.6) is 0 Å². The molecule has 22 heavy (non-hydrogen) atoms. The summed E-state index contributed by atoms with van der Waals surface area (Å²) < 4.78 is 12.0. The fourth-order valence-corrected chi connectivity index (χ4v) is 2.75. The first-order chi connectivity index (χ1) is 10.6. The smallest absolute Gasteiger partial charge is 0.408 e. The zero-order valence-electron chi connectivity index (χ0n) is 12.0. The van der Waals surface area contributed by atoms with Crippen LogP contribution in [0.3, 0.4) is 0 Å². The minimum absolute atomic E-state index is 0.106. The number of carbonyl (C=O) groups is 1. The molecular weight excluding hydrogens is 308 g/mol. The molecule has 1 aliphatic heterocycles. The van der Waals surface area contributed by atoms with Crippen molar-refractivity contribution in [2.24, 2.45) is 0 Å². The molecule has 0 saturated carbocycles. The number of aryl methyl sites for hydroxylation is 1. The molecule has 1 aromatic carbocycles. The summed E-state index contributed by atoms with van der Waals surface area (Å²) in [5.74, 6) is -0.588. The van der Waals surface area contributed by atoms with Crippen molar-refractivity contribution < 1.29 is 13.9 Å². The van der Waals surface area contributed by atoms with E-state index in [9.17, 15) is 9.59 Å². The minimum Gasteiger partial charge on any atom is -0.408 e. The second-order valence-electron chi connectivity index (χ2n) is 5.32. The van der Waals surface area contributed by atoms with Gasteiger partial charge in [0.15, 0.2) is 5.58 Å². The zero-order valence-corrected chi connectivity index (χ0v) is 12.8. The maximum absolute atomic E-state index is 11.9. The Hall–Kier alpha value is -1.79. The first kappa shape index (κ1) is 15.1. The third-order valence-corrected chi connectivity index (χ3v) is 3.98. The van der Waals surface area contributed by atoms with Gasteiger partial charge in [0.2, 0.25) is 5.91 Å². The molecule has 0 radical (unpaired) electrons. The van der Waals surface area contributed by atoms with E-state index < -0.39 is 5.76 Å². The van der Waals surface area contributed by atoms with Gasteiger partial charge in [-0.3, -0.25) is 9.36 Å². The van der Waals surface area contributed by atoms with Gasteiger partial charge in [0.05, 0.1) is 11.6 Å². The molecule has 0 bridgehead atoms. The SMILES string of the molecule is O=C(CCn1c(=O)oc2cc(Cl)ccc21)NC[C@@H]1CCCO1. The number of oxazole rings is 1. The van der Waals surface area contributed by atoms with Gasteiger partial charge in [-0.25, -0.2) is 4.79 Å². The molecule has 1 aliphatic rings. The van der Waals surface area contributed by atoms with Crippen LogP contribution in [-0.4, -0.2) is 29.7 Å². The van der Waals surface area contributed by atoms with Gasteiger partial charge in [0, 0.05) is 37.2 Å². The van der Waals surface area contributed by atoms with E-state index in [2.05, 4.69) is 5.32 Å². The molecule has 1 aromatic heterocycles. The number of halogens is 1. The summed E-state index contributed by atoms with van der Waals surface area (Å²) in [7, 11) is 0. The molecule has 1 N–H and O–H groups in total. The Morgan fingerprint density at radius 2 is 2.32 bits per heavy atom. The van der Waals surface area contributed by atoms with Crippen molar-refractivity contribution in [3.63, 3.8) is 0 Å². The quantitative estimate of drug-likeness (QED) is 0.912. The lowest BCUT2D eigenvalue weighted by Crippen LogP contribution is -2.32. The lowest BCUT2D eigenvalue weighted by atomic mass is 10.2. The van der Waals surface area contributed by atoms with Gasteiger partial charge in [0.1, 0.15) is 0 Å². The summed E-state index contributed by atoms with van der Waals surface area (Å²) in [4.78, 5) is 23.7. The summed E-state index contributed by atoms with van der Waals surface area (Å²) in [5.41, 5.74) is 1.07. The molecule has 2 aromatic rings. The van der Waals surface area contributed by atoms with E-state index in [-0.39, 0.29) is 25.0 Å². The van der Waals surface area contributed by atoms with Gasteiger partial charge >= 0.3 is 5.76 Å². The van der Waals surface area contributed by atoms with Crippen molar-refractivity contribution >= 4 is 28.6 Å². The van der Waals surface area contributed by atoms with Gasteiger partial charge < -0.3 is 14.5 Å². The number of aromatic nitrogens is 1. The van der Waals surface area contributed by atoms with E-state index in [1.807, 2.05) is 0 Å². The van der Waals surface area contributed by atoms with Crippen molar-refractivity contribution in [1.29, 1.82) is 0 Å². The van der Waals surface area contributed by atoms with Crippen LogP contribution >= 0.6 is 11.6 Å². The molecule has 3 rings (SSSR count). The van der Waals surface area contributed by atoms with Crippen LogP contribution in [0, 0.1) is 0 Å². The molecule has 118 valence electrons. The minimum atomic E-state index is -0.482. The molecule has 0 aliphatic carbocycles. The van der Waals surface area contributed by atoms with E-state index in [1.54, 1.807) is 18.2 Å². The first-order valence-electron chi connectivity index (χ1n) is 7.30. The molecule has 1 amide bonds. The van der Waals surface area contributed by atoms with Crippen LogP contribution in [-0.2, 0) is 16.1 Å². The number of hydrogen-bond donors (Lipinski definition) is 1. The Morgan fingerprint density at radius 1 is 1.45 bits per heavy atom. The second-order valence-corrected chi connectivity index (χ2v) is 5.76. The molecule has 2 heterocycles. The zero-order chi connectivity index (χ0) is 15.5. The number of fused-ring (bicyclic) bond motifs is 1. The highest BCUT2D eigenvalue weighted by Crippen LogP contribution is 2.18. The lowest BCUT2D eigenvalue weighted by Gasteiger charge is -2.10. The number of ether oxygens (including phenoxy) is 1. The molecule has 1 fully saturated rings. The molecule has 1 atom stereocenters. The van der Waals surface area contributed by atoms with E-state index in [4.69, 9.17) is 20.8 Å². The number of benzene rings is 1. The standard InChI is InChI=1S/C15H17ClN2O4/c16-10-3-4-12-13(8-10)22-15(20)18(12)6-5-14(19)17-9-11-2-1-7-21-11/h3-4,8,11H,1-2,5-7,9H2,(H,17,19)/t11-/m0/s1. The van der Waals surface area contributed by atoms with E-state index in [0.717, 1.165) is 19.4 Å². The van der Waals surface area contributed by atoms with Gasteiger partial charge in [-0.15, -0.1) is 0 Å². The highest BCUT2D eigenvalue weighted by molar-refractivity contribution is 6.31. The van der Waals surface area contributed by atoms with Crippen LogP contribution in [0.1, 0.15) is 19.3 Å². The van der Waals surface area contributed by atoms with Crippen molar-refractivity contribution in [2.45, 2.75) is 31.9 Å². The largest absolute Gasteiger partial charge is 0.419 e. The normalized spacial score (nSPS) is 18.0. The number of rotatable bonds is 5. The van der Waals surface area contributed by atoms with Crippen LogP contribution in [0.15, 0.2) is 27.4 Å². The Kier molecular flexibility index (Phi) is 4.49. The van der Waals surface area contributed by atoms with E-state index in [0.29, 0.717) is 22.7 Å². The lowest BCUT2D eigenvalue weighted by molar-refractivity contribution is -0.121. The highest BCUT2D eigenvalue weighted by atomic mass is 35.5. The molecule has 6 nitrogen and oxygen atoms in total. The third kappa shape index (κ3) is 3.34. The number of amides is 1. The second kappa shape index (κ2) is 6.54. The summed E-state index contributed by atoms with van der Waals surface area (Å²) in [6, 6.07) is 4.99. The molecule has 0 unspecified atom stereocenters. The molecule has 7 heteroatoms. The summed E-state index contributed by atoms with van der Waals surface area (Å²) in [6.07, 6.45) is 2.35. The van der Waals surface area contributed by atoms with Gasteiger partial charge in [-0.05, 0) is 25.0 Å². The number of carbonyl (C=O) groups excluding carboxylic acids is 1. The third-order valence-electron chi connectivity index (χ3n) is 3.74. The Balaban J connectivity index is 1.60. The van der Waals surface area contributed by atoms with E-state index in [1.165, 1.54) is 4.57 Å². The number of nitrogens with one attached hydrogen (secondary N) is 1. The van der Waals surface area contributed by atoms with Gasteiger partial charge in [-0.2, -0.15) is 0 Å². The van der Waals surface area contributed by atoms with Crippen molar-refractivity contribution in [2.75, 3.05) is 13.2 Å². The highest BCUT2D eigenvalue weighted by Gasteiger charge is 2.16. The van der Waals surface area contributed by atoms with Crippen molar-refractivity contribution in [1.82, 2.24) is 9.88 Å². The predicted octanol–water partition coefficient (Wildman–Crippen LogP) is 1.93. The number of hydrogen-bond acceptors (Lipinski definition) is 4. The predicted molar refractivity (Wildman–Crippen MR) is 82.1 cm³/mol. The van der Waals surface area contributed by atoms with Crippen molar-refractivity contribution in [3.8, 4) is 0 Å².